The minimum atomic E-state index is -2.96. The van der Waals surface area contributed by atoms with Crippen LogP contribution in [0.25, 0.3) is 0 Å². The highest BCUT2D eigenvalue weighted by Crippen LogP contribution is 2.30. The number of hydrogen-bond acceptors (Lipinski definition) is 4. The molecule has 1 heterocycles. The van der Waals surface area contributed by atoms with Crippen LogP contribution in [-0.2, 0) is 10.3 Å². The number of nitrogens with zero attached hydrogens (tertiary/aromatic N) is 1. The molecule has 1 fully saturated rings. The van der Waals surface area contributed by atoms with Crippen molar-refractivity contribution in [3.05, 3.63) is 64.2 Å². The first kappa shape index (κ1) is 21.4. The average Bonchev–Trinajstić information content (AvgIpc) is 2.88. The second kappa shape index (κ2) is 7.85. The lowest BCUT2D eigenvalue weighted by Crippen LogP contribution is -2.41. The van der Waals surface area contributed by atoms with Gasteiger partial charge in [0.25, 0.3) is 5.91 Å². The number of carbonyl (C=O) groups excluding carboxylic acids is 3. The number of ketones is 1. The summed E-state index contributed by atoms with van der Waals surface area (Å²) in [6, 6.07) is 8.39. The Morgan fingerprint density at radius 1 is 1.07 bits per heavy atom. The van der Waals surface area contributed by atoms with Gasteiger partial charge < -0.3 is 10.1 Å². The number of amides is 3. The van der Waals surface area contributed by atoms with Gasteiger partial charge in [0.2, 0.25) is 0 Å². The molecule has 8 heteroatoms. The number of alkyl halides is 2. The van der Waals surface area contributed by atoms with Crippen molar-refractivity contribution in [2.45, 2.75) is 39.8 Å². The van der Waals surface area contributed by atoms with E-state index in [9.17, 15) is 23.2 Å². The zero-order chi connectivity index (χ0) is 22.2. The summed E-state index contributed by atoms with van der Waals surface area (Å²) in [5, 5.41) is 2.59. The van der Waals surface area contributed by atoms with Crippen molar-refractivity contribution in [2.75, 3.05) is 6.54 Å². The van der Waals surface area contributed by atoms with Crippen molar-refractivity contribution in [3.8, 4) is 5.75 Å². The number of urea groups is 1. The molecule has 1 aliphatic rings. The number of nitrogens with one attached hydrogen (secondary N) is 1. The fourth-order valence-corrected chi connectivity index (χ4v) is 3.50. The normalized spacial score (nSPS) is 18.7. The molecule has 0 spiro atoms. The second-order valence-electron chi connectivity index (χ2n) is 7.52. The van der Waals surface area contributed by atoms with Gasteiger partial charge in [0.05, 0.1) is 6.54 Å². The van der Waals surface area contributed by atoms with E-state index in [-0.39, 0.29) is 11.5 Å². The number of Topliss-reactive ketones (excluding diaryl/α,β-unsaturated/α-hetero) is 1. The second-order valence-corrected chi connectivity index (χ2v) is 7.52. The molecule has 3 amide bonds. The Bertz CT molecular complexity index is 1020. The van der Waals surface area contributed by atoms with E-state index >= 15 is 0 Å². The maximum absolute atomic E-state index is 13.0. The molecule has 0 bridgehead atoms. The van der Waals surface area contributed by atoms with E-state index in [2.05, 4.69) is 10.1 Å². The Morgan fingerprint density at radius 3 is 2.27 bits per heavy atom. The molecule has 1 aliphatic heterocycles. The number of halogens is 2. The molecule has 0 radical (unpaired) electrons. The Labute approximate surface area is 172 Å². The first-order valence-electron chi connectivity index (χ1n) is 9.33. The van der Waals surface area contributed by atoms with E-state index in [1.807, 2.05) is 19.9 Å². The van der Waals surface area contributed by atoms with Crippen LogP contribution >= 0.6 is 0 Å². The van der Waals surface area contributed by atoms with Crippen LogP contribution < -0.4 is 10.1 Å². The molecule has 6 nitrogen and oxygen atoms in total. The molecule has 3 rings (SSSR count). The molecule has 30 heavy (non-hydrogen) atoms. The molecular formula is C22H22F2N2O4. The minimum Gasteiger partial charge on any atom is -0.435 e. The van der Waals surface area contributed by atoms with Crippen LogP contribution in [0.4, 0.5) is 13.6 Å². The van der Waals surface area contributed by atoms with Crippen molar-refractivity contribution in [3.63, 3.8) is 0 Å². The van der Waals surface area contributed by atoms with Gasteiger partial charge in [-0.05, 0) is 68.1 Å². The zero-order valence-corrected chi connectivity index (χ0v) is 17.1. The van der Waals surface area contributed by atoms with Crippen LogP contribution in [0.15, 0.2) is 36.4 Å². The summed E-state index contributed by atoms with van der Waals surface area (Å²) in [5.74, 6) is -1.000. The van der Waals surface area contributed by atoms with Crippen molar-refractivity contribution in [1.29, 1.82) is 0 Å². The van der Waals surface area contributed by atoms with E-state index in [0.717, 1.165) is 21.6 Å². The monoisotopic (exact) mass is 416 g/mol. The van der Waals surface area contributed by atoms with E-state index < -0.39 is 30.6 Å². The van der Waals surface area contributed by atoms with Crippen LogP contribution in [0, 0.1) is 20.8 Å². The fourth-order valence-electron chi connectivity index (χ4n) is 3.50. The highest BCUT2D eigenvalue weighted by atomic mass is 19.3. The number of carbonyl (C=O) groups is 3. The van der Waals surface area contributed by atoms with Crippen LogP contribution in [0.2, 0.25) is 0 Å². The van der Waals surface area contributed by atoms with E-state index in [1.165, 1.54) is 31.2 Å². The summed E-state index contributed by atoms with van der Waals surface area (Å²) < 4.78 is 29.0. The van der Waals surface area contributed by atoms with Crippen LogP contribution in [-0.4, -0.2) is 35.8 Å². The summed E-state index contributed by atoms with van der Waals surface area (Å²) in [4.78, 5) is 39.2. The van der Waals surface area contributed by atoms with Crippen molar-refractivity contribution >= 4 is 17.7 Å². The Balaban J connectivity index is 1.82. The van der Waals surface area contributed by atoms with Gasteiger partial charge in [-0.15, -0.1) is 0 Å². The molecule has 0 aromatic heterocycles. The Hall–Kier alpha value is -3.29. The summed E-state index contributed by atoms with van der Waals surface area (Å²) in [6.45, 7) is 3.78. The van der Waals surface area contributed by atoms with Gasteiger partial charge in [-0.25, -0.2) is 4.79 Å². The largest absolute Gasteiger partial charge is 0.435 e. The van der Waals surface area contributed by atoms with Crippen LogP contribution in [0.3, 0.4) is 0 Å². The third-order valence-corrected chi connectivity index (χ3v) is 5.37. The first-order valence-corrected chi connectivity index (χ1v) is 9.33. The smallest absolute Gasteiger partial charge is 0.387 e. The number of imide groups is 1. The van der Waals surface area contributed by atoms with Gasteiger partial charge in [0.15, 0.2) is 5.78 Å². The number of rotatable bonds is 6. The molecular weight excluding hydrogens is 394 g/mol. The van der Waals surface area contributed by atoms with Gasteiger partial charge in [0.1, 0.15) is 11.3 Å². The minimum absolute atomic E-state index is 0.0635. The molecule has 1 unspecified atom stereocenters. The standard InChI is InChI=1S/C22H22F2N2O4/c1-12-9-14(3)17(10-13(12)2)18(27)11-26-19(28)22(4,25-21(26)29)15-5-7-16(8-6-15)30-20(23)24/h5-10,20H,11H2,1-4H3,(H,25,29). The van der Waals surface area contributed by atoms with Crippen LogP contribution in [0.5, 0.6) is 5.75 Å². The van der Waals surface area contributed by atoms with E-state index in [4.69, 9.17) is 0 Å². The molecule has 2 aromatic carbocycles. The Morgan fingerprint density at radius 2 is 1.67 bits per heavy atom. The quantitative estimate of drug-likeness (QED) is 0.573. The molecule has 1 N–H and O–H groups in total. The molecule has 0 aliphatic carbocycles. The van der Waals surface area contributed by atoms with Gasteiger partial charge in [-0.3, -0.25) is 14.5 Å². The van der Waals surface area contributed by atoms with Crippen molar-refractivity contribution in [2.24, 2.45) is 0 Å². The maximum Gasteiger partial charge on any atom is 0.387 e. The fraction of sp³-hybridized carbons (Fsp3) is 0.318. The van der Waals surface area contributed by atoms with E-state index in [0.29, 0.717) is 11.1 Å². The van der Waals surface area contributed by atoms with E-state index in [1.54, 1.807) is 13.0 Å². The van der Waals surface area contributed by atoms with Gasteiger partial charge >= 0.3 is 12.6 Å². The SMILES string of the molecule is Cc1cc(C)c(C(=O)CN2C(=O)NC(C)(c3ccc(OC(F)F)cc3)C2=O)cc1C. The lowest BCUT2D eigenvalue weighted by Gasteiger charge is -2.22. The maximum atomic E-state index is 13.0. The van der Waals surface area contributed by atoms with Crippen LogP contribution in [0.1, 0.15) is 39.5 Å². The lowest BCUT2D eigenvalue weighted by atomic mass is 9.92. The lowest BCUT2D eigenvalue weighted by molar-refractivity contribution is -0.130. The number of aryl methyl sites for hydroxylation is 3. The molecule has 1 atom stereocenters. The average molecular weight is 416 g/mol. The third-order valence-electron chi connectivity index (χ3n) is 5.37. The third kappa shape index (κ3) is 3.90. The molecule has 2 aromatic rings. The number of hydrogen-bond donors (Lipinski definition) is 1. The predicted molar refractivity (Wildman–Crippen MR) is 106 cm³/mol. The predicted octanol–water partition coefficient (Wildman–Crippen LogP) is 3.86. The Kier molecular flexibility index (Phi) is 5.61. The van der Waals surface area contributed by atoms with Gasteiger partial charge in [-0.2, -0.15) is 8.78 Å². The topological polar surface area (TPSA) is 75.7 Å². The van der Waals surface area contributed by atoms with Gasteiger partial charge in [-0.1, -0.05) is 18.2 Å². The first-order chi connectivity index (χ1) is 14.0. The molecule has 0 saturated carbocycles. The van der Waals surface area contributed by atoms with Gasteiger partial charge in [0, 0.05) is 5.56 Å². The zero-order valence-electron chi connectivity index (χ0n) is 17.1. The number of benzene rings is 2. The summed E-state index contributed by atoms with van der Waals surface area (Å²) in [6.07, 6.45) is 0. The highest BCUT2D eigenvalue weighted by molar-refractivity contribution is 6.11. The number of ether oxygens (including phenoxy) is 1. The molecule has 1 saturated heterocycles. The van der Waals surface area contributed by atoms with Crippen molar-refractivity contribution < 1.29 is 27.9 Å². The molecule has 158 valence electrons. The summed E-state index contributed by atoms with van der Waals surface area (Å²) in [5.41, 5.74) is 2.19. The van der Waals surface area contributed by atoms with Crippen molar-refractivity contribution in [1.82, 2.24) is 10.2 Å². The highest BCUT2D eigenvalue weighted by Gasteiger charge is 2.49. The summed E-state index contributed by atoms with van der Waals surface area (Å²) >= 11 is 0. The summed E-state index contributed by atoms with van der Waals surface area (Å²) in [7, 11) is 0.